The van der Waals surface area contributed by atoms with Crippen LogP contribution in [0, 0.1) is 17.5 Å². The topological polar surface area (TPSA) is 34.2 Å². The number of methoxy groups -OCH3 is 1. The zero-order valence-electron chi connectivity index (χ0n) is 11.7. The Morgan fingerprint density at radius 3 is 2.62 bits per heavy atom. The molecule has 1 heterocycles. The highest BCUT2D eigenvalue weighted by Crippen LogP contribution is 2.30. The highest BCUT2D eigenvalue weighted by molar-refractivity contribution is 5.37. The summed E-state index contributed by atoms with van der Waals surface area (Å²) < 4.78 is 45.8. The van der Waals surface area contributed by atoms with Crippen LogP contribution in [0.25, 0.3) is 0 Å². The molecule has 1 aromatic carbocycles. The molecular weight excluding hydrogens is 281 g/mol. The Labute approximate surface area is 120 Å². The number of halogens is 3. The van der Waals surface area contributed by atoms with Crippen LogP contribution in [0.1, 0.15) is 24.2 Å². The zero-order chi connectivity index (χ0) is 15.4. The monoisotopic (exact) mass is 296 g/mol. The summed E-state index contributed by atoms with van der Waals surface area (Å²) in [7, 11) is 1.46. The van der Waals surface area contributed by atoms with Gasteiger partial charge in [0.2, 0.25) is 0 Å². The highest BCUT2D eigenvalue weighted by Gasteiger charge is 2.25. The van der Waals surface area contributed by atoms with Crippen molar-refractivity contribution in [3.63, 3.8) is 0 Å². The molecule has 6 heteroatoms. The van der Waals surface area contributed by atoms with Gasteiger partial charge in [-0.15, -0.1) is 0 Å². The van der Waals surface area contributed by atoms with Crippen LogP contribution in [0.5, 0.6) is 5.75 Å². The minimum absolute atomic E-state index is 0.0206. The maximum absolute atomic E-state index is 14.0. The summed E-state index contributed by atoms with van der Waals surface area (Å²) in [6, 6.07) is 4.71. The number of nitrogens with one attached hydrogen (secondary N) is 1. The van der Waals surface area contributed by atoms with E-state index in [0.29, 0.717) is 18.0 Å². The Morgan fingerprint density at radius 1 is 1.19 bits per heavy atom. The van der Waals surface area contributed by atoms with Crippen molar-refractivity contribution in [2.75, 3.05) is 13.7 Å². The lowest BCUT2D eigenvalue weighted by Gasteiger charge is -2.20. The minimum Gasteiger partial charge on any atom is -0.495 e. The van der Waals surface area contributed by atoms with Gasteiger partial charge in [0.25, 0.3) is 0 Å². The molecule has 0 radical (unpaired) electrons. The van der Waals surface area contributed by atoms with Crippen LogP contribution in [-0.2, 0) is 0 Å². The van der Waals surface area contributed by atoms with Crippen molar-refractivity contribution >= 4 is 0 Å². The van der Waals surface area contributed by atoms with Crippen LogP contribution in [0.15, 0.2) is 30.5 Å². The molecule has 1 unspecified atom stereocenters. The summed E-state index contributed by atoms with van der Waals surface area (Å²) in [6.45, 7) is 2.31. The Hall–Kier alpha value is -2.08. The summed E-state index contributed by atoms with van der Waals surface area (Å²) in [5, 5.41) is 3.01. The molecule has 0 amide bonds. The molecule has 0 aliphatic heterocycles. The van der Waals surface area contributed by atoms with Crippen molar-refractivity contribution in [3.05, 3.63) is 59.2 Å². The molecule has 2 rings (SSSR count). The fourth-order valence-corrected chi connectivity index (χ4v) is 2.11. The average molecular weight is 296 g/mol. The lowest BCUT2D eigenvalue weighted by molar-refractivity contribution is 0.396. The van der Waals surface area contributed by atoms with E-state index in [4.69, 9.17) is 4.74 Å². The van der Waals surface area contributed by atoms with E-state index in [1.807, 2.05) is 6.92 Å². The molecule has 0 aliphatic carbocycles. The van der Waals surface area contributed by atoms with Crippen molar-refractivity contribution in [2.45, 2.75) is 13.0 Å². The molecular formula is C15H15F3N2O. The molecule has 0 saturated carbocycles. The van der Waals surface area contributed by atoms with Crippen LogP contribution in [-0.4, -0.2) is 18.6 Å². The molecule has 0 bridgehead atoms. The predicted octanol–water partition coefficient (Wildman–Crippen LogP) is 3.21. The van der Waals surface area contributed by atoms with Crippen LogP contribution < -0.4 is 10.1 Å². The van der Waals surface area contributed by atoms with Gasteiger partial charge in [0.1, 0.15) is 11.4 Å². The second-order valence-electron chi connectivity index (χ2n) is 4.35. The van der Waals surface area contributed by atoms with Gasteiger partial charge in [-0.25, -0.2) is 13.2 Å². The first-order valence-corrected chi connectivity index (χ1v) is 6.45. The van der Waals surface area contributed by atoms with E-state index in [2.05, 4.69) is 10.3 Å². The quantitative estimate of drug-likeness (QED) is 0.860. The van der Waals surface area contributed by atoms with Crippen molar-refractivity contribution in [1.29, 1.82) is 0 Å². The minimum atomic E-state index is -1.50. The van der Waals surface area contributed by atoms with Crippen LogP contribution >= 0.6 is 0 Å². The molecule has 1 atom stereocenters. The maximum atomic E-state index is 14.0. The van der Waals surface area contributed by atoms with Crippen LogP contribution in [0.4, 0.5) is 13.2 Å². The molecule has 1 aromatic heterocycles. The largest absolute Gasteiger partial charge is 0.495 e. The third-order valence-electron chi connectivity index (χ3n) is 3.08. The normalized spacial score (nSPS) is 12.2. The summed E-state index contributed by atoms with van der Waals surface area (Å²) in [5.41, 5.74) is 0.388. The molecule has 0 aliphatic rings. The first kappa shape index (κ1) is 15.3. The van der Waals surface area contributed by atoms with E-state index in [1.165, 1.54) is 19.4 Å². The number of ether oxygens (including phenoxy) is 1. The van der Waals surface area contributed by atoms with E-state index in [9.17, 15) is 13.2 Å². The molecule has 2 aromatic rings. The SMILES string of the molecule is CCNC(c1ccc(F)c(F)c1F)c1ncccc1OC. The van der Waals surface area contributed by atoms with E-state index in [0.717, 1.165) is 6.07 Å². The van der Waals surface area contributed by atoms with Crippen molar-refractivity contribution in [1.82, 2.24) is 10.3 Å². The number of aromatic nitrogens is 1. The first-order chi connectivity index (χ1) is 10.1. The Kier molecular flexibility index (Phi) is 4.80. The number of hydrogen-bond donors (Lipinski definition) is 1. The smallest absolute Gasteiger partial charge is 0.194 e. The lowest BCUT2D eigenvalue weighted by Crippen LogP contribution is -2.25. The van der Waals surface area contributed by atoms with E-state index >= 15 is 0 Å². The van der Waals surface area contributed by atoms with Crippen LogP contribution in [0.3, 0.4) is 0 Å². The van der Waals surface area contributed by atoms with Crippen LogP contribution in [0.2, 0.25) is 0 Å². The zero-order valence-corrected chi connectivity index (χ0v) is 11.7. The van der Waals surface area contributed by atoms with Crippen molar-refractivity contribution < 1.29 is 17.9 Å². The molecule has 3 nitrogen and oxygen atoms in total. The van der Waals surface area contributed by atoms with Gasteiger partial charge < -0.3 is 10.1 Å². The third-order valence-corrected chi connectivity index (χ3v) is 3.08. The van der Waals surface area contributed by atoms with Crippen molar-refractivity contribution in [3.8, 4) is 5.75 Å². The van der Waals surface area contributed by atoms with Gasteiger partial charge >= 0.3 is 0 Å². The summed E-state index contributed by atoms with van der Waals surface area (Å²) >= 11 is 0. The van der Waals surface area contributed by atoms with Gasteiger partial charge in [-0.1, -0.05) is 13.0 Å². The van der Waals surface area contributed by atoms with E-state index < -0.39 is 23.5 Å². The molecule has 0 saturated heterocycles. The molecule has 0 fully saturated rings. The number of nitrogens with zero attached hydrogens (tertiary/aromatic N) is 1. The number of hydrogen-bond acceptors (Lipinski definition) is 3. The van der Waals surface area contributed by atoms with E-state index in [-0.39, 0.29) is 5.56 Å². The van der Waals surface area contributed by atoms with Gasteiger partial charge in [0.05, 0.1) is 13.2 Å². The predicted molar refractivity (Wildman–Crippen MR) is 72.6 cm³/mol. The summed E-state index contributed by atoms with van der Waals surface area (Å²) in [5.74, 6) is -3.51. The Balaban J connectivity index is 2.56. The van der Waals surface area contributed by atoms with E-state index in [1.54, 1.807) is 12.1 Å². The molecule has 21 heavy (non-hydrogen) atoms. The maximum Gasteiger partial charge on any atom is 0.194 e. The van der Waals surface area contributed by atoms with Crippen molar-refractivity contribution in [2.24, 2.45) is 0 Å². The second-order valence-corrected chi connectivity index (χ2v) is 4.35. The molecule has 112 valence electrons. The number of benzene rings is 1. The Bertz CT molecular complexity index is 634. The summed E-state index contributed by atoms with van der Waals surface area (Å²) in [6.07, 6.45) is 1.53. The standard InChI is InChI=1S/C15H15F3N2O/c1-3-19-14(15-11(21-2)5-4-8-20-15)9-6-7-10(16)13(18)12(9)17/h4-8,14,19H,3H2,1-2H3. The van der Waals surface area contributed by atoms with Gasteiger partial charge in [-0.3, -0.25) is 4.98 Å². The molecule has 0 spiro atoms. The van der Waals surface area contributed by atoms with Gasteiger partial charge in [0.15, 0.2) is 17.5 Å². The first-order valence-electron chi connectivity index (χ1n) is 6.45. The van der Waals surface area contributed by atoms with Gasteiger partial charge in [-0.2, -0.15) is 0 Å². The third kappa shape index (κ3) is 3.00. The average Bonchev–Trinajstić information content (AvgIpc) is 2.51. The highest BCUT2D eigenvalue weighted by atomic mass is 19.2. The number of pyridine rings is 1. The Morgan fingerprint density at radius 2 is 1.95 bits per heavy atom. The molecule has 1 N–H and O–H groups in total. The summed E-state index contributed by atoms with van der Waals surface area (Å²) in [4.78, 5) is 4.17. The second kappa shape index (κ2) is 6.58. The number of rotatable bonds is 5. The van der Waals surface area contributed by atoms with Gasteiger partial charge in [0, 0.05) is 11.8 Å². The fourth-order valence-electron chi connectivity index (χ4n) is 2.11. The lowest BCUT2D eigenvalue weighted by atomic mass is 10.0. The van der Waals surface area contributed by atoms with Gasteiger partial charge in [-0.05, 0) is 24.7 Å². The fraction of sp³-hybridized carbons (Fsp3) is 0.267.